The fourth-order valence-electron chi connectivity index (χ4n) is 3.21. The molecule has 0 fully saturated rings. The van der Waals surface area contributed by atoms with E-state index in [0.29, 0.717) is 23.5 Å². The highest BCUT2D eigenvalue weighted by atomic mass is 32.2. The minimum atomic E-state index is -3.39. The molecule has 1 aliphatic rings. The normalized spacial score (nSPS) is 15.4. The Morgan fingerprint density at radius 2 is 1.84 bits per heavy atom. The van der Waals surface area contributed by atoms with Crippen molar-refractivity contribution in [3.63, 3.8) is 0 Å². The van der Waals surface area contributed by atoms with Gasteiger partial charge in [-0.2, -0.15) is 4.98 Å². The molecule has 168 valence electrons. The van der Waals surface area contributed by atoms with Gasteiger partial charge < -0.3 is 14.2 Å². The third-order valence-corrected chi connectivity index (χ3v) is 6.55. The molecular formula is C20H25N3O6S2. The monoisotopic (exact) mass is 467 g/mol. The van der Waals surface area contributed by atoms with Crippen molar-refractivity contribution in [1.29, 1.82) is 0 Å². The summed E-state index contributed by atoms with van der Waals surface area (Å²) in [5.74, 6) is 0. The van der Waals surface area contributed by atoms with Crippen LogP contribution in [0, 0.1) is 0 Å². The molecule has 2 heterocycles. The molecule has 0 saturated heterocycles. The Hall–Kier alpha value is -2.37. The lowest BCUT2D eigenvalue weighted by Crippen LogP contribution is -2.43. The molecule has 1 aliphatic heterocycles. The van der Waals surface area contributed by atoms with Crippen LogP contribution in [0.1, 0.15) is 32.0 Å². The quantitative estimate of drug-likeness (QED) is 0.497. The first-order valence-electron chi connectivity index (χ1n) is 9.54. The van der Waals surface area contributed by atoms with E-state index < -0.39 is 32.7 Å². The van der Waals surface area contributed by atoms with Gasteiger partial charge in [0.25, 0.3) is 5.56 Å². The van der Waals surface area contributed by atoms with Crippen LogP contribution in [0.3, 0.4) is 0 Å². The molecular weight excluding hydrogens is 442 g/mol. The van der Waals surface area contributed by atoms with E-state index >= 15 is 0 Å². The van der Waals surface area contributed by atoms with Crippen molar-refractivity contribution in [3.05, 3.63) is 45.9 Å². The number of sulfone groups is 1. The van der Waals surface area contributed by atoms with Crippen LogP contribution in [-0.4, -0.2) is 58.2 Å². The van der Waals surface area contributed by atoms with Crippen LogP contribution < -0.4 is 5.56 Å². The van der Waals surface area contributed by atoms with Gasteiger partial charge in [-0.1, -0.05) is 0 Å². The second-order valence-corrected chi connectivity index (χ2v) is 11.6. The number of benzene rings is 1. The number of carbonyl (C=O) groups is 1. The summed E-state index contributed by atoms with van der Waals surface area (Å²) in [5.41, 5.74) is 0.152. The molecule has 0 spiro atoms. The van der Waals surface area contributed by atoms with Crippen molar-refractivity contribution < 1.29 is 22.5 Å². The van der Waals surface area contributed by atoms with Crippen molar-refractivity contribution in [1.82, 2.24) is 14.5 Å². The van der Waals surface area contributed by atoms with Gasteiger partial charge in [-0.3, -0.25) is 4.79 Å². The summed E-state index contributed by atoms with van der Waals surface area (Å²) < 4.78 is 42.5. The SMILES string of the molecule is C[S+]([O-])c1nc2c(c(=O)n1-c1ccc(S(C)(=O)=O)cc1)CCN(C(=O)OC(C)(C)C)C2. The number of hydrogen-bond acceptors (Lipinski definition) is 7. The predicted molar refractivity (Wildman–Crippen MR) is 116 cm³/mol. The zero-order valence-corrected chi connectivity index (χ0v) is 19.7. The molecule has 1 amide bonds. The molecule has 3 rings (SSSR count). The maximum atomic E-state index is 13.3. The van der Waals surface area contributed by atoms with E-state index in [1.54, 1.807) is 20.8 Å². The van der Waals surface area contributed by atoms with Crippen LogP contribution in [0.15, 0.2) is 39.1 Å². The van der Waals surface area contributed by atoms with Crippen LogP contribution in [0.4, 0.5) is 4.79 Å². The van der Waals surface area contributed by atoms with Gasteiger partial charge in [-0.25, -0.2) is 17.8 Å². The van der Waals surface area contributed by atoms with Gasteiger partial charge in [0.15, 0.2) is 9.84 Å². The molecule has 0 radical (unpaired) electrons. The molecule has 1 unspecified atom stereocenters. The van der Waals surface area contributed by atoms with Crippen LogP contribution in [-0.2, 0) is 38.7 Å². The van der Waals surface area contributed by atoms with Crippen molar-refractivity contribution >= 4 is 27.1 Å². The van der Waals surface area contributed by atoms with Crippen LogP contribution in [0.2, 0.25) is 0 Å². The first-order chi connectivity index (χ1) is 14.3. The van der Waals surface area contributed by atoms with E-state index in [4.69, 9.17) is 4.74 Å². The van der Waals surface area contributed by atoms with E-state index in [0.717, 1.165) is 6.26 Å². The molecule has 0 saturated carbocycles. The maximum absolute atomic E-state index is 13.3. The zero-order valence-electron chi connectivity index (χ0n) is 18.0. The van der Waals surface area contributed by atoms with E-state index in [1.165, 1.54) is 40.0 Å². The Morgan fingerprint density at radius 3 is 2.35 bits per heavy atom. The highest BCUT2D eigenvalue weighted by molar-refractivity contribution is 7.90. The summed E-state index contributed by atoms with van der Waals surface area (Å²) in [6, 6.07) is 5.75. The van der Waals surface area contributed by atoms with Gasteiger partial charge in [-0.05, 0) is 51.5 Å². The molecule has 31 heavy (non-hydrogen) atoms. The standard InChI is InChI=1S/C20H25N3O6S2/c1-20(2,3)29-19(25)22-11-10-15-16(12-22)21-18(30(4)26)23(17(15)24)13-6-8-14(9-7-13)31(5,27)28/h6-9H,10-12H2,1-5H3. The van der Waals surface area contributed by atoms with Crippen LogP contribution in [0.25, 0.3) is 5.69 Å². The zero-order chi connectivity index (χ0) is 23.1. The Morgan fingerprint density at radius 1 is 1.23 bits per heavy atom. The molecule has 0 bridgehead atoms. The Balaban J connectivity index is 2.04. The van der Waals surface area contributed by atoms with Gasteiger partial charge in [-0.15, -0.1) is 0 Å². The summed E-state index contributed by atoms with van der Waals surface area (Å²) in [7, 11) is -3.39. The maximum Gasteiger partial charge on any atom is 0.410 e. The molecule has 11 heteroatoms. The minimum absolute atomic E-state index is 0.0295. The third kappa shape index (κ3) is 5.10. The fourth-order valence-corrected chi connectivity index (χ4v) is 4.53. The van der Waals surface area contributed by atoms with Crippen molar-refractivity contribution in [2.24, 2.45) is 0 Å². The second kappa shape index (κ2) is 8.29. The molecule has 1 aromatic heterocycles. The van der Waals surface area contributed by atoms with Gasteiger partial charge in [0.2, 0.25) is 0 Å². The van der Waals surface area contributed by atoms with E-state index in [2.05, 4.69) is 4.98 Å². The number of amides is 1. The summed E-state index contributed by atoms with van der Waals surface area (Å²) >= 11 is -1.61. The third-order valence-electron chi connectivity index (χ3n) is 4.64. The largest absolute Gasteiger partial charge is 0.609 e. The van der Waals surface area contributed by atoms with E-state index in [1.807, 2.05) is 0 Å². The number of nitrogens with zero attached hydrogens (tertiary/aromatic N) is 3. The topological polar surface area (TPSA) is 122 Å². The Kier molecular flexibility index (Phi) is 6.23. The highest BCUT2D eigenvalue weighted by Gasteiger charge is 2.31. The number of ether oxygens (including phenoxy) is 1. The molecule has 1 aromatic carbocycles. The molecule has 9 nitrogen and oxygen atoms in total. The number of carbonyl (C=O) groups excluding carboxylic acids is 1. The lowest BCUT2D eigenvalue weighted by atomic mass is 10.1. The van der Waals surface area contributed by atoms with Gasteiger partial charge >= 0.3 is 11.2 Å². The number of aromatic nitrogens is 2. The van der Waals surface area contributed by atoms with Crippen LogP contribution >= 0.6 is 0 Å². The average Bonchev–Trinajstić information content (AvgIpc) is 2.65. The smallest absolute Gasteiger partial charge is 0.410 e. The lowest BCUT2D eigenvalue weighted by molar-refractivity contribution is 0.0219. The summed E-state index contributed by atoms with van der Waals surface area (Å²) in [5, 5.41) is 0.0295. The van der Waals surface area contributed by atoms with Gasteiger partial charge in [0.1, 0.15) is 11.9 Å². The first-order valence-corrected chi connectivity index (χ1v) is 13.0. The van der Waals surface area contributed by atoms with Crippen LogP contribution in [0.5, 0.6) is 0 Å². The van der Waals surface area contributed by atoms with Crippen molar-refractivity contribution in [2.75, 3.05) is 19.1 Å². The number of hydrogen-bond donors (Lipinski definition) is 0. The lowest BCUT2D eigenvalue weighted by Gasteiger charge is -2.30. The Bertz CT molecular complexity index is 1170. The first kappa shape index (κ1) is 23.3. The molecule has 1 atom stereocenters. The summed E-state index contributed by atoms with van der Waals surface area (Å²) in [6.45, 7) is 5.69. The fraction of sp³-hybridized carbons (Fsp3) is 0.450. The van der Waals surface area contributed by atoms with Gasteiger partial charge in [0, 0.05) is 29.5 Å². The van der Waals surface area contributed by atoms with Crippen molar-refractivity contribution in [2.45, 2.75) is 49.4 Å². The molecule has 0 aliphatic carbocycles. The highest BCUT2D eigenvalue weighted by Crippen LogP contribution is 2.22. The number of rotatable bonds is 3. The summed E-state index contributed by atoms with van der Waals surface area (Å²) in [6.07, 6.45) is 2.28. The second-order valence-electron chi connectivity index (χ2n) is 8.33. The average molecular weight is 468 g/mol. The minimum Gasteiger partial charge on any atom is -0.609 e. The van der Waals surface area contributed by atoms with Crippen molar-refractivity contribution in [3.8, 4) is 5.69 Å². The Labute approximate surface area is 184 Å². The molecule has 0 N–H and O–H groups in total. The predicted octanol–water partition coefficient (Wildman–Crippen LogP) is 1.67. The van der Waals surface area contributed by atoms with Gasteiger partial charge in [0.05, 0.1) is 22.8 Å². The van der Waals surface area contributed by atoms with E-state index in [9.17, 15) is 22.6 Å². The van der Waals surface area contributed by atoms with E-state index in [-0.39, 0.29) is 28.6 Å². The summed E-state index contributed by atoms with van der Waals surface area (Å²) in [4.78, 5) is 31.7. The molecule has 2 aromatic rings. The number of fused-ring (bicyclic) bond motifs is 1.